The Bertz CT molecular complexity index is 1100. The van der Waals surface area contributed by atoms with E-state index in [1.165, 1.54) is 6.92 Å². The Balaban J connectivity index is 1.63. The van der Waals surface area contributed by atoms with E-state index < -0.39 is 5.97 Å². The number of rotatable bonds is 3. The summed E-state index contributed by atoms with van der Waals surface area (Å²) in [5.41, 5.74) is 2.37. The van der Waals surface area contributed by atoms with Crippen molar-refractivity contribution >= 4 is 40.6 Å². The molecule has 0 radical (unpaired) electrons. The molecule has 1 aliphatic rings. The first-order valence-electron chi connectivity index (χ1n) is 8.31. The van der Waals surface area contributed by atoms with Crippen molar-refractivity contribution in [1.82, 2.24) is 9.97 Å². The predicted molar refractivity (Wildman–Crippen MR) is 98.9 cm³/mol. The van der Waals surface area contributed by atoms with Crippen LogP contribution in [0.5, 0.6) is 5.75 Å². The summed E-state index contributed by atoms with van der Waals surface area (Å²) >= 11 is 0. The number of hydrogen-bond donors (Lipinski definition) is 1. The van der Waals surface area contributed by atoms with E-state index in [9.17, 15) is 14.4 Å². The molecule has 2 aromatic heterocycles. The summed E-state index contributed by atoms with van der Waals surface area (Å²) in [4.78, 5) is 44.6. The molecule has 1 N–H and O–H groups in total. The lowest BCUT2D eigenvalue weighted by Crippen LogP contribution is -2.28. The lowest BCUT2D eigenvalue weighted by atomic mass is 10.1. The average molecular weight is 361 g/mol. The van der Waals surface area contributed by atoms with E-state index in [1.807, 2.05) is 12.1 Å². The fourth-order valence-corrected chi connectivity index (χ4v) is 3.06. The molecule has 0 spiro atoms. The molecule has 0 atom stereocenters. The summed E-state index contributed by atoms with van der Waals surface area (Å²) in [6, 6.07) is 9.96. The Kier molecular flexibility index (Phi) is 4.04. The summed E-state index contributed by atoms with van der Waals surface area (Å²) in [5, 5.41) is 0.884. The van der Waals surface area contributed by atoms with Crippen LogP contribution in [0.15, 0.2) is 54.4 Å². The third kappa shape index (κ3) is 3.10. The van der Waals surface area contributed by atoms with Crippen molar-refractivity contribution in [3.05, 3.63) is 59.9 Å². The van der Waals surface area contributed by atoms with Gasteiger partial charge in [0.15, 0.2) is 0 Å². The van der Waals surface area contributed by atoms with E-state index >= 15 is 0 Å². The molecule has 0 aliphatic carbocycles. The van der Waals surface area contributed by atoms with Gasteiger partial charge in [-0.1, -0.05) is 0 Å². The zero-order valence-electron chi connectivity index (χ0n) is 14.4. The van der Waals surface area contributed by atoms with Crippen LogP contribution in [-0.4, -0.2) is 27.8 Å². The fraction of sp³-hybridized carbons (Fsp3) is 0.100. The Morgan fingerprint density at radius 1 is 1.22 bits per heavy atom. The lowest BCUT2D eigenvalue weighted by molar-refractivity contribution is -0.132. The van der Waals surface area contributed by atoms with Crippen LogP contribution in [0.25, 0.3) is 17.1 Å². The van der Waals surface area contributed by atoms with Gasteiger partial charge in [0.2, 0.25) is 5.91 Å². The molecule has 134 valence electrons. The number of nitrogens with zero attached hydrogens (tertiary/aromatic N) is 2. The van der Waals surface area contributed by atoms with E-state index in [4.69, 9.17) is 4.74 Å². The topological polar surface area (TPSA) is 92.4 Å². The van der Waals surface area contributed by atoms with Crippen molar-refractivity contribution in [2.24, 2.45) is 0 Å². The van der Waals surface area contributed by atoms with E-state index in [0.29, 0.717) is 17.0 Å². The van der Waals surface area contributed by atoms with Crippen LogP contribution in [0.3, 0.4) is 0 Å². The van der Waals surface area contributed by atoms with E-state index in [1.54, 1.807) is 42.7 Å². The maximum Gasteiger partial charge on any atom is 0.308 e. The minimum Gasteiger partial charge on any atom is -0.427 e. The van der Waals surface area contributed by atoms with Gasteiger partial charge in [-0.3, -0.25) is 14.4 Å². The number of esters is 1. The van der Waals surface area contributed by atoms with Gasteiger partial charge in [-0.05, 0) is 42.5 Å². The molecule has 1 saturated heterocycles. The van der Waals surface area contributed by atoms with Crippen LogP contribution in [0.1, 0.15) is 18.9 Å². The molecule has 1 aromatic carbocycles. The van der Waals surface area contributed by atoms with Crippen LogP contribution >= 0.6 is 0 Å². The van der Waals surface area contributed by atoms with Crippen LogP contribution in [0, 0.1) is 0 Å². The highest BCUT2D eigenvalue weighted by Crippen LogP contribution is 2.30. The van der Waals surface area contributed by atoms with Gasteiger partial charge < -0.3 is 9.72 Å². The number of fused-ring (bicyclic) bond motifs is 1. The molecule has 4 rings (SSSR count). The highest BCUT2D eigenvalue weighted by Gasteiger charge is 2.35. The Morgan fingerprint density at radius 2 is 2.00 bits per heavy atom. The Labute approximate surface area is 154 Å². The molecule has 2 amide bonds. The largest absolute Gasteiger partial charge is 0.427 e. The number of H-pyrrole nitrogens is 1. The van der Waals surface area contributed by atoms with Crippen LogP contribution in [-0.2, 0) is 14.4 Å². The first-order valence-corrected chi connectivity index (χ1v) is 8.31. The van der Waals surface area contributed by atoms with E-state index in [0.717, 1.165) is 21.5 Å². The minimum atomic E-state index is -0.436. The fourth-order valence-electron chi connectivity index (χ4n) is 3.06. The molecule has 1 aliphatic heterocycles. The van der Waals surface area contributed by atoms with Gasteiger partial charge in [-0.15, -0.1) is 0 Å². The number of amides is 2. The van der Waals surface area contributed by atoms with Gasteiger partial charge in [0.05, 0.1) is 12.1 Å². The number of nitrogens with one attached hydrogen (secondary N) is 1. The summed E-state index contributed by atoms with van der Waals surface area (Å²) in [7, 11) is 0. The predicted octanol–water partition coefficient (Wildman–Crippen LogP) is 2.84. The SMILES string of the molecule is CC(=O)Oc1ccc(N2C(=O)C/C(=C/c3c[nH]c4ncccc34)C2=O)cc1. The molecule has 3 aromatic rings. The standard InChI is InChI=1S/C20H15N3O4/c1-12(24)27-16-6-4-15(5-7-16)23-18(25)10-13(20(23)26)9-14-11-22-19-17(14)3-2-8-21-19/h2-9,11H,10H2,1H3,(H,21,22)/b13-9-. The molecule has 0 saturated carbocycles. The molecule has 7 nitrogen and oxygen atoms in total. The van der Waals surface area contributed by atoms with Gasteiger partial charge in [0.25, 0.3) is 5.91 Å². The lowest BCUT2D eigenvalue weighted by Gasteiger charge is -2.13. The number of carbonyl (C=O) groups is 3. The Hall–Kier alpha value is -3.74. The first kappa shape index (κ1) is 16.7. The number of aromatic nitrogens is 2. The molecule has 0 unspecified atom stereocenters. The smallest absolute Gasteiger partial charge is 0.308 e. The van der Waals surface area contributed by atoms with Crippen molar-refractivity contribution in [2.75, 3.05) is 4.90 Å². The molecule has 27 heavy (non-hydrogen) atoms. The number of ether oxygens (including phenoxy) is 1. The average Bonchev–Trinajstić information content (AvgIpc) is 3.17. The van der Waals surface area contributed by atoms with Crippen molar-refractivity contribution < 1.29 is 19.1 Å². The number of pyridine rings is 1. The van der Waals surface area contributed by atoms with Gasteiger partial charge in [0.1, 0.15) is 11.4 Å². The zero-order valence-corrected chi connectivity index (χ0v) is 14.4. The van der Waals surface area contributed by atoms with Gasteiger partial charge in [-0.25, -0.2) is 9.88 Å². The van der Waals surface area contributed by atoms with Gasteiger partial charge in [0, 0.05) is 35.8 Å². The molecule has 7 heteroatoms. The van der Waals surface area contributed by atoms with Gasteiger partial charge in [-0.2, -0.15) is 0 Å². The van der Waals surface area contributed by atoms with Crippen molar-refractivity contribution in [3.63, 3.8) is 0 Å². The quantitative estimate of drug-likeness (QED) is 0.335. The number of imide groups is 1. The summed E-state index contributed by atoms with van der Waals surface area (Å²) in [6.07, 6.45) is 5.19. The highest BCUT2D eigenvalue weighted by atomic mass is 16.5. The third-order valence-corrected chi connectivity index (χ3v) is 4.24. The second kappa shape index (κ2) is 6.53. The highest BCUT2D eigenvalue weighted by molar-refractivity contribution is 6.29. The van der Waals surface area contributed by atoms with E-state index in [2.05, 4.69) is 9.97 Å². The second-order valence-electron chi connectivity index (χ2n) is 6.11. The maximum atomic E-state index is 12.8. The number of carbonyl (C=O) groups excluding carboxylic acids is 3. The second-order valence-corrected chi connectivity index (χ2v) is 6.11. The van der Waals surface area contributed by atoms with Crippen molar-refractivity contribution in [2.45, 2.75) is 13.3 Å². The van der Waals surface area contributed by atoms with Crippen LogP contribution in [0.4, 0.5) is 5.69 Å². The molecular weight excluding hydrogens is 346 g/mol. The summed E-state index contributed by atoms with van der Waals surface area (Å²) in [5.74, 6) is -0.746. The van der Waals surface area contributed by atoms with Gasteiger partial charge >= 0.3 is 5.97 Å². The molecular formula is C20H15N3O4. The van der Waals surface area contributed by atoms with Crippen molar-refractivity contribution in [3.8, 4) is 5.75 Å². The monoisotopic (exact) mass is 361 g/mol. The summed E-state index contributed by atoms with van der Waals surface area (Å²) < 4.78 is 4.97. The molecule has 3 heterocycles. The number of benzene rings is 1. The number of hydrogen-bond acceptors (Lipinski definition) is 5. The summed E-state index contributed by atoms with van der Waals surface area (Å²) in [6.45, 7) is 1.30. The number of anilines is 1. The first-order chi connectivity index (χ1) is 13.0. The van der Waals surface area contributed by atoms with E-state index in [-0.39, 0.29) is 18.2 Å². The van der Waals surface area contributed by atoms with Crippen LogP contribution < -0.4 is 9.64 Å². The number of aromatic amines is 1. The molecule has 1 fully saturated rings. The zero-order chi connectivity index (χ0) is 19.0. The minimum absolute atomic E-state index is 0.0253. The van der Waals surface area contributed by atoms with Crippen LogP contribution in [0.2, 0.25) is 0 Å². The third-order valence-electron chi connectivity index (χ3n) is 4.24. The maximum absolute atomic E-state index is 12.8. The normalized spacial score (nSPS) is 15.7. The van der Waals surface area contributed by atoms with Crippen molar-refractivity contribution in [1.29, 1.82) is 0 Å². The Morgan fingerprint density at radius 3 is 2.74 bits per heavy atom. The molecule has 0 bridgehead atoms.